The molecule has 1 heterocycles. The third-order valence-electron chi connectivity index (χ3n) is 4.41. The number of amides is 1. The molecule has 0 spiro atoms. The molecule has 0 aliphatic carbocycles. The quantitative estimate of drug-likeness (QED) is 0.630. The van der Waals surface area contributed by atoms with Crippen LogP contribution in [0, 0.1) is 0 Å². The van der Waals surface area contributed by atoms with Gasteiger partial charge in [0, 0.05) is 45.7 Å². The second-order valence-corrected chi connectivity index (χ2v) is 8.43. The summed E-state index contributed by atoms with van der Waals surface area (Å²) >= 11 is 0. The molecule has 0 atom stereocenters. The van der Waals surface area contributed by atoms with Gasteiger partial charge in [0.05, 0.1) is 19.5 Å². The molecule has 1 aromatic carbocycles. The van der Waals surface area contributed by atoms with Crippen LogP contribution in [0.15, 0.2) is 30.3 Å². The fraction of sp³-hybridized carbons (Fsp3) is 0.611. The lowest BCUT2D eigenvalue weighted by atomic mass is 10.1. The average molecular weight is 384 g/mol. The van der Waals surface area contributed by atoms with Gasteiger partial charge in [-0.2, -0.15) is 0 Å². The molecule has 2 rings (SSSR count). The van der Waals surface area contributed by atoms with E-state index in [1.165, 1.54) is 10.6 Å². The van der Waals surface area contributed by atoms with Gasteiger partial charge in [0.15, 0.2) is 0 Å². The molecule has 1 fully saturated rings. The molecule has 7 nitrogen and oxygen atoms in total. The highest BCUT2D eigenvalue weighted by molar-refractivity contribution is 7.88. The lowest BCUT2D eigenvalue weighted by Crippen LogP contribution is -2.43. The van der Waals surface area contributed by atoms with Gasteiger partial charge in [0.25, 0.3) is 0 Å². The van der Waals surface area contributed by atoms with E-state index in [0.717, 1.165) is 25.1 Å². The van der Waals surface area contributed by atoms with Gasteiger partial charge in [0.2, 0.25) is 15.9 Å². The van der Waals surface area contributed by atoms with Gasteiger partial charge in [-0.3, -0.25) is 9.69 Å². The number of nitrogens with zero attached hydrogens (tertiary/aromatic N) is 2. The Bertz CT molecular complexity index is 646. The number of rotatable bonds is 10. The van der Waals surface area contributed by atoms with Gasteiger partial charge in [-0.15, -0.1) is 0 Å². The van der Waals surface area contributed by atoms with Gasteiger partial charge in [-0.1, -0.05) is 30.3 Å². The van der Waals surface area contributed by atoms with E-state index >= 15 is 0 Å². The zero-order chi connectivity index (χ0) is 18.8. The first kappa shape index (κ1) is 20.8. The van der Waals surface area contributed by atoms with Crippen LogP contribution in [0.25, 0.3) is 0 Å². The highest BCUT2D eigenvalue weighted by atomic mass is 32.2. The zero-order valence-electron chi connectivity index (χ0n) is 15.4. The number of hydrogen-bond acceptors (Lipinski definition) is 5. The molecule has 1 aromatic rings. The van der Waals surface area contributed by atoms with Crippen LogP contribution in [0.1, 0.15) is 12.0 Å². The molecular weight excluding hydrogens is 354 g/mol. The fourth-order valence-corrected chi connectivity index (χ4v) is 3.66. The molecule has 1 N–H and O–H groups in total. The Labute approximate surface area is 156 Å². The first-order valence-electron chi connectivity index (χ1n) is 9.01. The van der Waals surface area contributed by atoms with Crippen LogP contribution in [-0.4, -0.2) is 82.3 Å². The number of sulfonamides is 1. The van der Waals surface area contributed by atoms with E-state index in [-0.39, 0.29) is 18.9 Å². The molecule has 1 aliphatic rings. The number of ether oxygens (including phenoxy) is 1. The van der Waals surface area contributed by atoms with Crippen molar-refractivity contribution in [1.82, 2.24) is 14.5 Å². The Morgan fingerprint density at radius 3 is 2.54 bits per heavy atom. The Morgan fingerprint density at radius 2 is 1.88 bits per heavy atom. The Morgan fingerprint density at radius 1 is 1.19 bits per heavy atom. The largest absolute Gasteiger partial charge is 0.379 e. The second-order valence-electron chi connectivity index (χ2n) is 6.45. The van der Waals surface area contributed by atoms with E-state index < -0.39 is 10.0 Å². The number of nitrogens with one attached hydrogen (secondary N) is 1. The summed E-state index contributed by atoms with van der Waals surface area (Å²) in [7, 11) is -3.33. The minimum absolute atomic E-state index is 0.124. The molecule has 8 heteroatoms. The Hall–Kier alpha value is -1.48. The summed E-state index contributed by atoms with van der Waals surface area (Å²) in [4.78, 5) is 14.2. The zero-order valence-corrected chi connectivity index (χ0v) is 16.2. The van der Waals surface area contributed by atoms with Gasteiger partial charge >= 0.3 is 0 Å². The molecule has 0 saturated carbocycles. The van der Waals surface area contributed by atoms with Crippen LogP contribution < -0.4 is 5.32 Å². The molecule has 0 unspecified atom stereocenters. The van der Waals surface area contributed by atoms with Crippen molar-refractivity contribution in [2.45, 2.75) is 12.8 Å². The maximum absolute atomic E-state index is 12.0. The van der Waals surface area contributed by atoms with Crippen LogP contribution >= 0.6 is 0 Å². The maximum Gasteiger partial charge on any atom is 0.221 e. The summed E-state index contributed by atoms with van der Waals surface area (Å²) in [5.74, 6) is -0.124. The predicted octanol–water partition coefficient (Wildman–Crippen LogP) is 0.329. The van der Waals surface area contributed by atoms with Crippen LogP contribution in [0.3, 0.4) is 0 Å². The van der Waals surface area contributed by atoms with Crippen molar-refractivity contribution >= 4 is 15.9 Å². The summed E-state index contributed by atoms with van der Waals surface area (Å²) in [5.41, 5.74) is 1.16. The summed E-state index contributed by atoms with van der Waals surface area (Å²) in [6.07, 6.45) is 2.13. The van der Waals surface area contributed by atoms with Crippen LogP contribution in [0.2, 0.25) is 0 Å². The molecule has 0 radical (unpaired) electrons. The minimum atomic E-state index is -3.33. The third kappa shape index (κ3) is 7.82. The number of carbonyl (C=O) groups excluding carboxylic acids is 1. The summed E-state index contributed by atoms with van der Waals surface area (Å²) in [5, 5.41) is 2.86. The van der Waals surface area contributed by atoms with Crippen molar-refractivity contribution in [3.8, 4) is 0 Å². The van der Waals surface area contributed by atoms with E-state index in [2.05, 4.69) is 10.2 Å². The number of morpholine rings is 1. The van der Waals surface area contributed by atoms with Gasteiger partial charge in [0.1, 0.15) is 0 Å². The van der Waals surface area contributed by atoms with Crippen molar-refractivity contribution in [2.24, 2.45) is 0 Å². The van der Waals surface area contributed by atoms with Crippen LogP contribution in [-0.2, 0) is 26.0 Å². The predicted molar refractivity (Wildman–Crippen MR) is 101 cm³/mol. The molecule has 1 amide bonds. The van der Waals surface area contributed by atoms with Gasteiger partial charge in [-0.25, -0.2) is 12.7 Å². The first-order valence-corrected chi connectivity index (χ1v) is 10.9. The van der Waals surface area contributed by atoms with Crippen LogP contribution in [0.4, 0.5) is 0 Å². The van der Waals surface area contributed by atoms with E-state index in [1.54, 1.807) is 0 Å². The Balaban J connectivity index is 1.70. The van der Waals surface area contributed by atoms with E-state index in [4.69, 9.17) is 4.74 Å². The first-order chi connectivity index (χ1) is 12.4. The van der Waals surface area contributed by atoms with E-state index in [1.807, 2.05) is 30.3 Å². The molecule has 1 aliphatic heterocycles. The lowest BCUT2D eigenvalue weighted by molar-refractivity contribution is -0.121. The standard InChI is InChI=1S/C18H29N3O4S/c1-26(23,24)21(12-11-20-13-15-25-16-14-20)10-8-18(22)19-9-7-17-5-3-2-4-6-17/h2-6H,7-16H2,1H3,(H,19,22). The molecular formula is C18H29N3O4S. The van der Waals surface area contributed by atoms with E-state index in [0.29, 0.717) is 32.8 Å². The summed E-state index contributed by atoms with van der Waals surface area (Å²) < 4.78 is 30.6. The SMILES string of the molecule is CS(=O)(=O)N(CCC(=O)NCCc1ccccc1)CCN1CCOCC1. The van der Waals surface area contributed by atoms with Crippen molar-refractivity contribution in [3.05, 3.63) is 35.9 Å². The summed E-state index contributed by atoms with van der Waals surface area (Å²) in [6, 6.07) is 9.93. The smallest absolute Gasteiger partial charge is 0.221 e. The van der Waals surface area contributed by atoms with Crippen molar-refractivity contribution in [3.63, 3.8) is 0 Å². The average Bonchev–Trinajstić information content (AvgIpc) is 2.62. The number of carbonyl (C=O) groups is 1. The van der Waals surface area contributed by atoms with Gasteiger partial charge in [-0.05, 0) is 12.0 Å². The van der Waals surface area contributed by atoms with Crippen molar-refractivity contribution in [1.29, 1.82) is 0 Å². The molecule has 0 aromatic heterocycles. The Kier molecular flexibility index (Phi) is 8.50. The number of hydrogen-bond donors (Lipinski definition) is 1. The number of benzene rings is 1. The van der Waals surface area contributed by atoms with Gasteiger partial charge < -0.3 is 10.1 Å². The lowest BCUT2D eigenvalue weighted by Gasteiger charge is -2.29. The topological polar surface area (TPSA) is 79.0 Å². The fourth-order valence-electron chi connectivity index (χ4n) is 2.83. The molecule has 146 valence electrons. The molecule has 1 saturated heterocycles. The third-order valence-corrected chi connectivity index (χ3v) is 5.71. The molecule has 0 bridgehead atoms. The highest BCUT2D eigenvalue weighted by Crippen LogP contribution is 2.03. The monoisotopic (exact) mass is 383 g/mol. The van der Waals surface area contributed by atoms with Crippen molar-refractivity contribution in [2.75, 3.05) is 58.7 Å². The minimum Gasteiger partial charge on any atom is -0.379 e. The summed E-state index contributed by atoms with van der Waals surface area (Å²) in [6.45, 7) is 4.82. The molecule has 26 heavy (non-hydrogen) atoms. The van der Waals surface area contributed by atoms with E-state index in [9.17, 15) is 13.2 Å². The normalized spacial score (nSPS) is 15.9. The van der Waals surface area contributed by atoms with Crippen LogP contribution in [0.5, 0.6) is 0 Å². The second kappa shape index (κ2) is 10.6. The highest BCUT2D eigenvalue weighted by Gasteiger charge is 2.19. The van der Waals surface area contributed by atoms with Crippen molar-refractivity contribution < 1.29 is 17.9 Å². The maximum atomic E-state index is 12.0.